The van der Waals surface area contributed by atoms with Crippen molar-refractivity contribution in [2.24, 2.45) is 0 Å². The molecule has 0 saturated carbocycles. The van der Waals surface area contributed by atoms with Crippen molar-refractivity contribution < 1.29 is 23.7 Å². The Balaban J connectivity index is 2.20. The molecule has 0 unspecified atom stereocenters. The van der Waals surface area contributed by atoms with E-state index in [0.29, 0.717) is 36.9 Å². The minimum absolute atomic E-state index is 0.102. The molecule has 0 N–H and O–H groups in total. The van der Waals surface area contributed by atoms with Gasteiger partial charge in [0, 0.05) is 26.3 Å². The highest BCUT2D eigenvalue weighted by Gasteiger charge is 2.14. The van der Waals surface area contributed by atoms with E-state index < -0.39 is 0 Å². The van der Waals surface area contributed by atoms with Crippen LogP contribution in [-0.2, 0) is 16.1 Å². The molecule has 0 aliphatic heterocycles. The second kappa shape index (κ2) is 11.0. The van der Waals surface area contributed by atoms with Gasteiger partial charge in [-0.05, 0) is 29.3 Å². The molecular weight excluding hydrogens is 358 g/mol. The number of ether oxygens (including phenoxy) is 4. The molecule has 2 aromatic rings. The van der Waals surface area contributed by atoms with E-state index in [1.807, 2.05) is 30.3 Å². The Morgan fingerprint density at radius 1 is 0.964 bits per heavy atom. The van der Waals surface area contributed by atoms with Crippen molar-refractivity contribution in [3.8, 4) is 17.2 Å². The van der Waals surface area contributed by atoms with Crippen molar-refractivity contribution in [1.29, 1.82) is 0 Å². The first-order valence-corrected chi connectivity index (χ1v) is 8.92. The average molecular weight is 385 g/mol. The van der Waals surface area contributed by atoms with E-state index >= 15 is 0 Å². The van der Waals surface area contributed by atoms with E-state index in [1.54, 1.807) is 57.6 Å². The van der Waals surface area contributed by atoms with Gasteiger partial charge >= 0.3 is 0 Å². The number of methoxy groups -OCH3 is 4. The zero-order valence-electron chi connectivity index (χ0n) is 16.8. The standard InChI is InChI=1S/C22H27NO5/c1-25-13-12-23(16-17-8-6-5-7-9-17)21(24)11-10-18-14-19(26-2)22(28-4)20(15-18)27-3/h5-11,14-15H,12-13,16H2,1-4H3. The molecule has 1 amide bonds. The summed E-state index contributed by atoms with van der Waals surface area (Å²) in [6.45, 7) is 1.49. The molecule has 0 aliphatic rings. The van der Waals surface area contributed by atoms with Crippen LogP contribution in [0.1, 0.15) is 11.1 Å². The fourth-order valence-corrected chi connectivity index (χ4v) is 2.74. The van der Waals surface area contributed by atoms with E-state index in [4.69, 9.17) is 18.9 Å². The predicted octanol–water partition coefficient (Wildman–Crippen LogP) is 3.40. The van der Waals surface area contributed by atoms with E-state index in [2.05, 4.69) is 0 Å². The topological polar surface area (TPSA) is 57.2 Å². The van der Waals surface area contributed by atoms with E-state index in [0.717, 1.165) is 11.1 Å². The molecule has 6 nitrogen and oxygen atoms in total. The van der Waals surface area contributed by atoms with Crippen LogP contribution in [-0.4, -0.2) is 52.4 Å². The lowest BCUT2D eigenvalue weighted by Gasteiger charge is -2.21. The minimum Gasteiger partial charge on any atom is -0.493 e. The van der Waals surface area contributed by atoms with Crippen molar-refractivity contribution >= 4 is 12.0 Å². The summed E-state index contributed by atoms with van der Waals surface area (Å²) in [6.07, 6.45) is 3.27. The summed E-state index contributed by atoms with van der Waals surface area (Å²) in [5, 5.41) is 0. The fraction of sp³-hybridized carbons (Fsp3) is 0.318. The van der Waals surface area contributed by atoms with E-state index in [9.17, 15) is 4.79 Å². The molecule has 2 rings (SSSR count). The third kappa shape index (κ3) is 5.76. The van der Waals surface area contributed by atoms with Crippen LogP contribution in [0.3, 0.4) is 0 Å². The molecule has 0 aliphatic carbocycles. The Bertz CT molecular complexity index is 764. The maximum atomic E-state index is 12.8. The Kier molecular flexibility index (Phi) is 8.37. The van der Waals surface area contributed by atoms with Gasteiger partial charge in [-0.25, -0.2) is 0 Å². The second-order valence-corrected chi connectivity index (χ2v) is 6.03. The highest BCUT2D eigenvalue weighted by Crippen LogP contribution is 2.38. The van der Waals surface area contributed by atoms with Crippen LogP contribution in [0, 0.1) is 0 Å². The first-order chi connectivity index (χ1) is 13.6. The van der Waals surface area contributed by atoms with Gasteiger partial charge in [-0.1, -0.05) is 30.3 Å². The smallest absolute Gasteiger partial charge is 0.246 e. The first kappa shape index (κ1) is 21.3. The van der Waals surface area contributed by atoms with E-state index in [-0.39, 0.29) is 5.91 Å². The summed E-state index contributed by atoms with van der Waals surface area (Å²) in [6, 6.07) is 13.4. The summed E-state index contributed by atoms with van der Waals surface area (Å²) in [4.78, 5) is 14.5. The number of benzene rings is 2. The molecule has 0 heterocycles. The van der Waals surface area contributed by atoms with Gasteiger partial charge in [0.2, 0.25) is 11.7 Å². The molecule has 28 heavy (non-hydrogen) atoms. The quantitative estimate of drug-likeness (QED) is 0.587. The van der Waals surface area contributed by atoms with Gasteiger partial charge in [-0.2, -0.15) is 0 Å². The Morgan fingerprint density at radius 3 is 2.14 bits per heavy atom. The Labute approximate surface area is 166 Å². The van der Waals surface area contributed by atoms with Crippen LogP contribution < -0.4 is 14.2 Å². The summed E-state index contributed by atoms with van der Waals surface area (Å²) in [7, 11) is 6.29. The number of hydrogen-bond donors (Lipinski definition) is 0. The third-order valence-corrected chi connectivity index (χ3v) is 4.20. The summed E-state index contributed by atoms with van der Waals surface area (Å²) in [5.41, 5.74) is 1.84. The fourth-order valence-electron chi connectivity index (χ4n) is 2.74. The molecule has 150 valence electrons. The van der Waals surface area contributed by atoms with Gasteiger partial charge in [-0.3, -0.25) is 4.79 Å². The Hall–Kier alpha value is -2.99. The summed E-state index contributed by atoms with van der Waals surface area (Å²) < 4.78 is 21.2. The first-order valence-electron chi connectivity index (χ1n) is 8.92. The van der Waals surface area contributed by atoms with Crippen LogP contribution in [0.25, 0.3) is 6.08 Å². The lowest BCUT2D eigenvalue weighted by atomic mass is 10.1. The van der Waals surface area contributed by atoms with Gasteiger partial charge in [0.05, 0.1) is 27.9 Å². The van der Waals surface area contributed by atoms with Crippen LogP contribution in [0.4, 0.5) is 0 Å². The molecule has 6 heteroatoms. The molecule has 0 saturated heterocycles. The van der Waals surface area contributed by atoms with Crippen LogP contribution in [0.5, 0.6) is 17.2 Å². The van der Waals surface area contributed by atoms with Crippen LogP contribution in [0.15, 0.2) is 48.5 Å². The summed E-state index contributed by atoms with van der Waals surface area (Å²) in [5.74, 6) is 1.48. The Morgan fingerprint density at radius 2 is 1.61 bits per heavy atom. The second-order valence-electron chi connectivity index (χ2n) is 6.03. The van der Waals surface area contributed by atoms with Gasteiger partial charge in [-0.15, -0.1) is 0 Å². The highest BCUT2D eigenvalue weighted by molar-refractivity contribution is 5.92. The SMILES string of the molecule is COCCN(Cc1ccccc1)C(=O)C=Cc1cc(OC)c(OC)c(OC)c1. The van der Waals surface area contributed by atoms with Crippen LogP contribution >= 0.6 is 0 Å². The van der Waals surface area contributed by atoms with Crippen molar-refractivity contribution in [2.75, 3.05) is 41.6 Å². The molecule has 0 radical (unpaired) electrons. The monoisotopic (exact) mass is 385 g/mol. The van der Waals surface area contributed by atoms with Crippen molar-refractivity contribution in [2.45, 2.75) is 6.54 Å². The highest BCUT2D eigenvalue weighted by atomic mass is 16.5. The maximum Gasteiger partial charge on any atom is 0.246 e. The molecule has 0 bridgehead atoms. The summed E-state index contributed by atoms with van der Waals surface area (Å²) >= 11 is 0. The van der Waals surface area contributed by atoms with Crippen LogP contribution in [0.2, 0.25) is 0 Å². The molecule has 0 spiro atoms. The largest absolute Gasteiger partial charge is 0.493 e. The molecule has 0 aromatic heterocycles. The number of amides is 1. The number of nitrogens with zero attached hydrogens (tertiary/aromatic N) is 1. The molecular formula is C22H27NO5. The van der Waals surface area contributed by atoms with Crippen molar-refractivity contribution in [1.82, 2.24) is 4.90 Å². The third-order valence-electron chi connectivity index (χ3n) is 4.20. The normalized spacial score (nSPS) is 10.7. The van der Waals surface area contributed by atoms with Crippen molar-refractivity contribution in [3.05, 3.63) is 59.7 Å². The predicted molar refractivity (Wildman–Crippen MR) is 109 cm³/mol. The molecule has 2 aromatic carbocycles. The van der Waals surface area contributed by atoms with Gasteiger partial charge in [0.1, 0.15) is 0 Å². The number of carbonyl (C=O) groups excluding carboxylic acids is 1. The minimum atomic E-state index is -0.102. The number of carbonyl (C=O) groups is 1. The zero-order chi connectivity index (χ0) is 20.4. The lowest BCUT2D eigenvalue weighted by molar-refractivity contribution is -0.127. The van der Waals surface area contributed by atoms with E-state index in [1.165, 1.54) is 0 Å². The van der Waals surface area contributed by atoms with Gasteiger partial charge in [0.15, 0.2) is 11.5 Å². The average Bonchev–Trinajstić information content (AvgIpc) is 2.74. The van der Waals surface area contributed by atoms with Gasteiger partial charge in [0.25, 0.3) is 0 Å². The zero-order valence-corrected chi connectivity index (χ0v) is 16.8. The number of rotatable bonds is 10. The molecule has 0 atom stereocenters. The lowest BCUT2D eigenvalue weighted by Crippen LogP contribution is -2.32. The maximum absolute atomic E-state index is 12.8. The number of hydrogen-bond acceptors (Lipinski definition) is 5. The van der Waals surface area contributed by atoms with Gasteiger partial charge < -0.3 is 23.8 Å². The van der Waals surface area contributed by atoms with Crippen molar-refractivity contribution in [3.63, 3.8) is 0 Å². The molecule has 0 fully saturated rings.